The van der Waals surface area contributed by atoms with Gasteiger partial charge in [-0.3, -0.25) is 31.9 Å². The van der Waals surface area contributed by atoms with Gasteiger partial charge < -0.3 is 30.5 Å². The first-order chi connectivity index (χ1) is 41.8. The van der Waals surface area contributed by atoms with E-state index in [1.54, 1.807) is 0 Å². The zero-order chi connectivity index (χ0) is 67.8. The van der Waals surface area contributed by atoms with Crippen LogP contribution in [0.2, 0.25) is 0 Å². The summed E-state index contributed by atoms with van der Waals surface area (Å²) >= 11 is 3.31. The van der Waals surface area contributed by atoms with E-state index in [1.807, 2.05) is 0 Å². The average molecular weight is 1440 g/mol. The van der Waals surface area contributed by atoms with Crippen LogP contribution in [0.3, 0.4) is 0 Å². The number of aromatic hydroxyl groups is 3. The molecule has 38 nitrogen and oxygen atoms in total. The fraction of sp³-hybridized carbons (Fsp3) is 0.0455. The summed E-state index contributed by atoms with van der Waals surface area (Å²) in [6.45, 7) is 0. The molecule has 0 spiro atoms. The van der Waals surface area contributed by atoms with Gasteiger partial charge in [-0.25, -0.2) is 0 Å². The van der Waals surface area contributed by atoms with Crippen molar-refractivity contribution in [2.75, 3.05) is 20.0 Å². The average Bonchev–Trinajstić information content (AvgIpc) is 0.757. The van der Waals surface area contributed by atoms with Crippen molar-refractivity contribution in [1.82, 2.24) is 0 Å². The maximum Gasteiger partial charge on any atom is 0.310 e. The van der Waals surface area contributed by atoms with E-state index in [0.29, 0.717) is 42.5 Å². The van der Waals surface area contributed by atoms with Crippen molar-refractivity contribution in [3.63, 3.8) is 0 Å². The maximum absolute atomic E-state index is 13.6. The second-order valence-corrected chi connectivity index (χ2v) is 29.5. The molecule has 8 rings (SSSR count). The molecule has 0 bridgehead atoms. The molecule has 0 amide bonds. The molecule has 482 valence electrons. The van der Waals surface area contributed by atoms with Gasteiger partial charge in [-0.1, -0.05) is 0 Å². The van der Waals surface area contributed by atoms with Gasteiger partial charge in [-0.2, -0.15) is 76.1 Å². The molecule has 47 heteroatoms. The molecule has 12 N–H and O–H groups in total. The summed E-state index contributed by atoms with van der Waals surface area (Å²) in [6.07, 6.45) is 0. The highest BCUT2D eigenvalue weighted by molar-refractivity contribution is 7.96. The number of phenols is 3. The number of ether oxygens (including phenoxy) is 2. The van der Waals surface area contributed by atoms with Crippen LogP contribution in [-0.2, 0) is 84.6 Å². The van der Waals surface area contributed by atoms with Crippen LogP contribution in [0, 0.1) is 0 Å². The highest BCUT2D eigenvalue weighted by atomic mass is 32.3. The quantitative estimate of drug-likeness (QED) is 0.0121. The summed E-state index contributed by atoms with van der Waals surface area (Å²) < 4.78 is 290. The van der Waals surface area contributed by atoms with Crippen molar-refractivity contribution in [3.8, 4) is 28.7 Å². The summed E-state index contributed by atoms with van der Waals surface area (Å²) in [4.78, 5) is -10.6. The molecule has 91 heavy (non-hydrogen) atoms. The monoisotopic (exact) mass is 1440 g/mol. The lowest BCUT2D eigenvalue weighted by Gasteiger charge is -2.15. The number of benzene rings is 8. The van der Waals surface area contributed by atoms with Gasteiger partial charge >= 0.3 is 10.1 Å². The normalized spacial score (nSPS) is 13.5. The second-order valence-electron chi connectivity index (χ2n) is 17.8. The van der Waals surface area contributed by atoms with E-state index in [2.05, 4.69) is 57.5 Å². The Kier molecular flexibility index (Phi) is 17.9. The third-order valence-electron chi connectivity index (χ3n) is 12.3. The van der Waals surface area contributed by atoms with Crippen LogP contribution in [0.5, 0.6) is 28.7 Å². The van der Waals surface area contributed by atoms with Crippen molar-refractivity contribution in [2.24, 2.45) is 40.9 Å². The molecule has 0 fully saturated rings. The van der Waals surface area contributed by atoms with Crippen LogP contribution >= 0.6 is 12.9 Å². The summed E-state index contributed by atoms with van der Waals surface area (Å²) in [5.74, 6) is -4.64. The summed E-state index contributed by atoms with van der Waals surface area (Å²) in [7, 11) is -41.9. The SMILES string of the molecule is COc1ccc(N=Nc2c(S(=O)(=O)O)cc3c(S(=O)(=O)O)cc(N=Nc4c(S(=O)(=O)O)cc5cc(S(=O)(=O)O)c(N=Nc6ccc7c(O)c(N=Nc8ccc(OC)cc8S(=O)(=O)O)c(S(=O)(=O)O)cc7c6S(=O)(=O)OS)c(O)c5c4N)cc3c2O)c(S(=O)(=O)O)c1. The fourth-order valence-electron chi connectivity index (χ4n) is 8.36. The maximum atomic E-state index is 13.6. The molecule has 8 aromatic rings. The van der Waals surface area contributed by atoms with Crippen molar-refractivity contribution in [2.45, 2.75) is 39.2 Å². The molecule has 0 radical (unpaired) electrons. The Morgan fingerprint density at radius 3 is 1.18 bits per heavy atom. The number of phenolic OH excluding ortho intramolecular Hbond substituents is 3. The number of nitrogen functional groups attached to an aromatic ring is 1. The highest BCUT2D eigenvalue weighted by Gasteiger charge is 2.33. The van der Waals surface area contributed by atoms with Crippen LogP contribution < -0.4 is 15.2 Å². The van der Waals surface area contributed by atoms with Gasteiger partial charge in [0, 0.05) is 33.7 Å². The molecule has 0 saturated carbocycles. The number of hydrogen-bond acceptors (Lipinski definition) is 32. The van der Waals surface area contributed by atoms with Gasteiger partial charge in [0.1, 0.15) is 90.5 Å². The first-order valence-electron chi connectivity index (χ1n) is 23.1. The van der Waals surface area contributed by atoms with E-state index >= 15 is 0 Å². The lowest BCUT2D eigenvalue weighted by Crippen LogP contribution is -2.04. The predicted octanol–water partition coefficient (Wildman–Crippen LogP) is 7.80. The minimum Gasteiger partial charge on any atom is -0.505 e. The van der Waals surface area contributed by atoms with E-state index < -0.39 is 221 Å². The number of nitrogens with zero attached hydrogens (tertiary/aromatic N) is 8. The van der Waals surface area contributed by atoms with Gasteiger partial charge in [0.2, 0.25) is 0 Å². The Morgan fingerprint density at radius 1 is 0.374 bits per heavy atom. The molecule has 0 aromatic heterocycles. The first kappa shape index (κ1) is 68.3. The number of fused-ring (bicyclic) bond motifs is 3. The lowest BCUT2D eigenvalue weighted by molar-refractivity contribution is 0.412. The van der Waals surface area contributed by atoms with E-state index in [0.717, 1.165) is 56.7 Å². The number of anilines is 1. The van der Waals surface area contributed by atoms with Crippen LogP contribution in [0.25, 0.3) is 32.3 Å². The third kappa shape index (κ3) is 13.7. The van der Waals surface area contributed by atoms with Gasteiger partial charge in [-0.15, -0.1) is 35.8 Å². The molecule has 0 aliphatic heterocycles. The van der Waals surface area contributed by atoms with Crippen molar-refractivity contribution in [3.05, 3.63) is 84.9 Å². The van der Waals surface area contributed by atoms with Crippen molar-refractivity contribution >= 4 is 177 Å². The largest absolute Gasteiger partial charge is 0.505 e. The van der Waals surface area contributed by atoms with Gasteiger partial charge in [0.15, 0.2) is 17.2 Å². The summed E-state index contributed by atoms with van der Waals surface area (Å²) in [6, 6.07) is 9.19. The standard InChI is InChI=1S/C44H33N9O29S9/c1-80-19-3-6-25(29(13-19)85(60,61)62)47-51-38-34(90(75,76)77)16-24-21(41(38)54)5-8-27(44(24)91(78,79)82-83)49-53-40-32(88(69,70)71)10-17-9-31(87(66,67)68)37(36(45)35(17)43(40)56)50-46-18-11-23-22(28(12-18)84(57,58)59)15-33(89(72,73)74)39(42(23)55)52-48-26-7-4-20(81-2)14-30(26)86(63,64)65/h3-16,54-56,83H,45H2,1-2H3,(H,57,58,59)(H,60,61,62)(H,63,64,65)(H,66,67,68)(H,69,70,71)(H,72,73,74)(H,75,76,77). The van der Waals surface area contributed by atoms with Gasteiger partial charge in [0.25, 0.3) is 70.8 Å². The highest BCUT2D eigenvalue weighted by Crippen LogP contribution is 2.51. The number of hydrogen-bond donors (Lipinski definition) is 12. The Hall–Kier alpha value is -8.63. The molecule has 0 unspecified atom stereocenters. The number of nitrogens with two attached hydrogens (primary N) is 1. The molecule has 8 aromatic carbocycles. The lowest BCUT2D eigenvalue weighted by atomic mass is 10.0. The number of azo groups is 4. The van der Waals surface area contributed by atoms with Gasteiger partial charge in [0.05, 0.1) is 31.0 Å². The minimum atomic E-state index is -5.75. The van der Waals surface area contributed by atoms with E-state index in [9.17, 15) is 115 Å². The molecule has 0 aliphatic rings. The Balaban J connectivity index is 1.34. The zero-order valence-electron chi connectivity index (χ0n) is 44.2. The number of methoxy groups -OCH3 is 2. The number of thiol groups is 1. The van der Waals surface area contributed by atoms with E-state index in [4.69, 9.17) is 15.2 Å². The summed E-state index contributed by atoms with van der Waals surface area (Å²) in [5.41, 5.74) is -3.50. The Labute approximate surface area is 515 Å². The predicted molar refractivity (Wildman–Crippen MR) is 310 cm³/mol. The first-order valence-corrected chi connectivity index (χ1v) is 34.9. The topological polar surface area (TPSA) is 628 Å². The Bertz CT molecular complexity index is 5640. The Morgan fingerprint density at radius 2 is 0.747 bits per heavy atom. The molecular formula is C44H33N9O29S9. The van der Waals surface area contributed by atoms with Crippen molar-refractivity contribution < 1.29 is 128 Å². The van der Waals surface area contributed by atoms with E-state index in [1.165, 1.54) is 0 Å². The zero-order valence-corrected chi connectivity index (χ0v) is 51.6. The number of rotatable bonds is 19. The second kappa shape index (κ2) is 23.9. The van der Waals surface area contributed by atoms with Crippen LogP contribution in [0.1, 0.15) is 0 Å². The molecular weight excluding hydrogens is 1410 g/mol. The minimum absolute atomic E-state index is 0.141. The van der Waals surface area contributed by atoms with Gasteiger partial charge in [-0.05, 0) is 91.1 Å². The molecule has 0 atom stereocenters. The third-order valence-corrected chi connectivity index (χ3v) is 20.1. The van der Waals surface area contributed by atoms with E-state index in [-0.39, 0.29) is 11.5 Å². The fourth-order valence-corrected chi connectivity index (χ4v) is 14.1. The molecule has 0 aliphatic carbocycles. The van der Waals surface area contributed by atoms with Crippen molar-refractivity contribution in [1.29, 1.82) is 0 Å². The van der Waals surface area contributed by atoms with Crippen LogP contribution in [-0.4, -0.2) is 129 Å². The van der Waals surface area contributed by atoms with Crippen LogP contribution in [0.15, 0.2) is 165 Å². The summed E-state index contributed by atoms with van der Waals surface area (Å²) in [5, 5.41) is 58.0. The smallest absolute Gasteiger partial charge is 0.310 e. The molecule has 0 saturated heterocycles. The van der Waals surface area contributed by atoms with Crippen LogP contribution in [0.4, 0.5) is 51.2 Å². The molecule has 0 heterocycles.